The third kappa shape index (κ3) is 3.27. The van der Waals surface area contributed by atoms with Gasteiger partial charge in [-0.1, -0.05) is 19.4 Å². The first-order valence-electron chi connectivity index (χ1n) is 7.84. The molecule has 0 aliphatic carbocycles. The Morgan fingerprint density at radius 3 is 2.83 bits per heavy atom. The highest BCUT2D eigenvalue weighted by atomic mass is 16.7. The first kappa shape index (κ1) is 16.1. The molecule has 3 rings (SSSR count). The van der Waals surface area contributed by atoms with Crippen LogP contribution in [0.3, 0.4) is 0 Å². The van der Waals surface area contributed by atoms with E-state index in [1.165, 1.54) is 0 Å². The van der Waals surface area contributed by atoms with Crippen LogP contribution in [0.2, 0.25) is 0 Å². The van der Waals surface area contributed by atoms with Crippen LogP contribution in [0.15, 0.2) is 30.3 Å². The fourth-order valence-electron chi connectivity index (χ4n) is 2.59. The molecule has 0 fully saturated rings. The lowest BCUT2D eigenvalue weighted by atomic mass is 10.1. The number of hydrogen-bond donors (Lipinski definition) is 1. The van der Waals surface area contributed by atoms with Crippen LogP contribution < -0.4 is 14.2 Å². The number of carboxylic acid groups (broad SMARTS) is 1. The smallest absolute Gasteiger partial charge is 0.349 e. The average molecular weight is 329 g/mol. The maximum absolute atomic E-state index is 11.7. The van der Waals surface area contributed by atoms with Crippen LogP contribution in [0.5, 0.6) is 17.2 Å². The maximum atomic E-state index is 11.7. The molecule has 0 saturated heterocycles. The van der Waals surface area contributed by atoms with Crippen LogP contribution in [-0.4, -0.2) is 22.9 Å². The second-order valence-electron chi connectivity index (χ2n) is 5.60. The molecule has 2 heterocycles. The number of aryl methyl sites for hydroxylation is 2. The van der Waals surface area contributed by atoms with Gasteiger partial charge in [-0.05, 0) is 37.6 Å². The van der Waals surface area contributed by atoms with Crippen molar-refractivity contribution in [3.8, 4) is 17.2 Å². The van der Waals surface area contributed by atoms with Gasteiger partial charge >= 0.3 is 5.97 Å². The highest BCUT2D eigenvalue weighted by Crippen LogP contribution is 2.35. The number of benzene rings is 1. The van der Waals surface area contributed by atoms with Crippen molar-refractivity contribution in [2.45, 2.75) is 32.8 Å². The number of ether oxygens (including phenoxy) is 3. The predicted octanol–water partition coefficient (Wildman–Crippen LogP) is 3.28. The summed E-state index contributed by atoms with van der Waals surface area (Å²) in [6, 6.07) is 8.59. The molecular formula is C18H19NO5. The molecule has 126 valence electrons. The SMILES string of the molecule is CCCc1nc(C)ccc1OC(C(=O)O)c1ccc2c(c1)OCO2. The van der Waals surface area contributed by atoms with Crippen molar-refractivity contribution >= 4 is 5.97 Å². The normalized spacial score (nSPS) is 13.6. The summed E-state index contributed by atoms with van der Waals surface area (Å²) >= 11 is 0. The van der Waals surface area contributed by atoms with Crippen LogP contribution in [0.1, 0.15) is 36.4 Å². The summed E-state index contributed by atoms with van der Waals surface area (Å²) in [5.41, 5.74) is 2.14. The first-order valence-corrected chi connectivity index (χ1v) is 7.84. The number of aliphatic carboxylic acids is 1. The van der Waals surface area contributed by atoms with E-state index in [1.807, 2.05) is 19.9 Å². The molecule has 6 nitrogen and oxygen atoms in total. The van der Waals surface area contributed by atoms with Crippen LogP contribution in [-0.2, 0) is 11.2 Å². The summed E-state index contributed by atoms with van der Waals surface area (Å²) in [7, 11) is 0. The van der Waals surface area contributed by atoms with Gasteiger partial charge in [0.1, 0.15) is 5.75 Å². The van der Waals surface area contributed by atoms with Gasteiger partial charge in [-0.25, -0.2) is 4.79 Å². The number of carboxylic acids is 1. The summed E-state index contributed by atoms with van der Waals surface area (Å²) in [5.74, 6) is 0.550. The molecule has 1 unspecified atom stereocenters. The lowest BCUT2D eigenvalue weighted by Gasteiger charge is -2.18. The average Bonchev–Trinajstić information content (AvgIpc) is 3.01. The fraction of sp³-hybridized carbons (Fsp3) is 0.333. The van der Waals surface area contributed by atoms with Crippen molar-refractivity contribution in [1.29, 1.82) is 0 Å². The minimum Gasteiger partial charge on any atom is -0.478 e. The third-order valence-electron chi connectivity index (χ3n) is 3.73. The summed E-state index contributed by atoms with van der Waals surface area (Å²) in [5, 5.41) is 9.59. The predicted molar refractivity (Wildman–Crippen MR) is 86.5 cm³/mol. The fourth-order valence-corrected chi connectivity index (χ4v) is 2.59. The highest BCUT2D eigenvalue weighted by molar-refractivity contribution is 5.75. The number of nitrogens with zero attached hydrogens (tertiary/aromatic N) is 1. The van der Waals surface area contributed by atoms with Gasteiger partial charge in [-0.2, -0.15) is 0 Å². The molecule has 1 atom stereocenters. The van der Waals surface area contributed by atoms with E-state index in [1.54, 1.807) is 24.3 Å². The lowest BCUT2D eigenvalue weighted by Crippen LogP contribution is -2.19. The Bertz CT molecular complexity index is 759. The van der Waals surface area contributed by atoms with Crippen LogP contribution >= 0.6 is 0 Å². The third-order valence-corrected chi connectivity index (χ3v) is 3.73. The summed E-state index contributed by atoms with van der Waals surface area (Å²) in [4.78, 5) is 16.2. The number of rotatable bonds is 6. The molecule has 1 aliphatic heterocycles. The van der Waals surface area contributed by atoms with Gasteiger partial charge in [0.2, 0.25) is 12.9 Å². The standard InChI is InChI=1S/C18H19NO5/c1-3-4-13-14(7-5-11(2)19-13)24-17(18(20)21)12-6-8-15-16(9-12)23-10-22-15/h5-9,17H,3-4,10H2,1-2H3,(H,20,21). The summed E-state index contributed by atoms with van der Waals surface area (Å²) < 4.78 is 16.4. The van der Waals surface area contributed by atoms with Crippen molar-refractivity contribution < 1.29 is 24.1 Å². The Hall–Kier alpha value is -2.76. The molecule has 0 amide bonds. The van der Waals surface area contributed by atoms with Gasteiger partial charge in [0.05, 0.1) is 5.69 Å². The zero-order valence-electron chi connectivity index (χ0n) is 13.6. The Labute approximate surface area is 140 Å². The van der Waals surface area contributed by atoms with E-state index >= 15 is 0 Å². The van der Waals surface area contributed by atoms with Crippen LogP contribution in [0, 0.1) is 6.92 Å². The van der Waals surface area contributed by atoms with Gasteiger partial charge in [-0.15, -0.1) is 0 Å². The molecule has 1 N–H and O–H groups in total. The molecule has 6 heteroatoms. The molecule has 2 aromatic rings. The molecular weight excluding hydrogens is 310 g/mol. The largest absolute Gasteiger partial charge is 0.478 e. The van der Waals surface area contributed by atoms with Gasteiger partial charge in [-0.3, -0.25) is 4.98 Å². The monoisotopic (exact) mass is 329 g/mol. The summed E-state index contributed by atoms with van der Waals surface area (Å²) in [6.45, 7) is 4.08. The molecule has 1 aliphatic rings. The van der Waals surface area contributed by atoms with E-state index in [0.29, 0.717) is 22.8 Å². The second-order valence-corrected chi connectivity index (χ2v) is 5.60. The lowest BCUT2D eigenvalue weighted by molar-refractivity contribution is -0.145. The number of pyridine rings is 1. The Balaban J connectivity index is 1.91. The van der Waals surface area contributed by atoms with Gasteiger partial charge in [0.25, 0.3) is 0 Å². The zero-order valence-corrected chi connectivity index (χ0v) is 13.6. The molecule has 1 aromatic carbocycles. The van der Waals surface area contributed by atoms with E-state index in [9.17, 15) is 9.90 Å². The van der Waals surface area contributed by atoms with Crippen molar-refractivity contribution in [1.82, 2.24) is 4.98 Å². The minimum absolute atomic E-state index is 0.139. The second kappa shape index (κ2) is 6.78. The quantitative estimate of drug-likeness (QED) is 0.876. The Morgan fingerprint density at radius 2 is 2.08 bits per heavy atom. The number of aromatic nitrogens is 1. The van der Waals surface area contributed by atoms with E-state index < -0.39 is 12.1 Å². The van der Waals surface area contributed by atoms with Crippen LogP contribution in [0.25, 0.3) is 0 Å². The Morgan fingerprint density at radius 1 is 1.29 bits per heavy atom. The van der Waals surface area contributed by atoms with Crippen molar-refractivity contribution in [3.05, 3.63) is 47.3 Å². The Kier molecular flexibility index (Phi) is 4.55. The highest BCUT2D eigenvalue weighted by Gasteiger charge is 2.26. The molecule has 0 spiro atoms. The van der Waals surface area contributed by atoms with Crippen molar-refractivity contribution in [3.63, 3.8) is 0 Å². The van der Waals surface area contributed by atoms with E-state index in [2.05, 4.69) is 4.98 Å². The zero-order chi connectivity index (χ0) is 17.1. The maximum Gasteiger partial charge on any atom is 0.349 e. The molecule has 0 saturated carbocycles. The van der Waals surface area contributed by atoms with E-state index in [-0.39, 0.29) is 6.79 Å². The van der Waals surface area contributed by atoms with Gasteiger partial charge in [0.15, 0.2) is 11.5 Å². The van der Waals surface area contributed by atoms with Gasteiger partial charge in [0, 0.05) is 11.3 Å². The number of carbonyl (C=O) groups is 1. The topological polar surface area (TPSA) is 77.9 Å². The van der Waals surface area contributed by atoms with Gasteiger partial charge < -0.3 is 19.3 Å². The van der Waals surface area contributed by atoms with E-state index in [0.717, 1.165) is 24.2 Å². The van der Waals surface area contributed by atoms with E-state index in [4.69, 9.17) is 14.2 Å². The summed E-state index contributed by atoms with van der Waals surface area (Å²) in [6.07, 6.45) is 0.485. The first-order chi connectivity index (χ1) is 11.6. The molecule has 24 heavy (non-hydrogen) atoms. The van der Waals surface area contributed by atoms with Crippen LogP contribution in [0.4, 0.5) is 0 Å². The number of fused-ring (bicyclic) bond motifs is 1. The minimum atomic E-state index is -1.14. The molecule has 1 aromatic heterocycles. The number of hydrogen-bond acceptors (Lipinski definition) is 5. The van der Waals surface area contributed by atoms with Crippen molar-refractivity contribution in [2.75, 3.05) is 6.79 Å². The van der Waals surface area contributed by atoms with Crippen molar-refractivity contribution in [2.24, 2.45) is 0 Å². The molecule has 0 bridgehead atoms. The molecule has 0 radical (unpaired) electrons.